The number of aliphatic hydroxyl groups is 3. The topological polar surface area (TPSA) is 69.9 Å². The van der Waals surface area contributed by atoms with E-state index in [9.17, 15) is 0 Å². The molecule has 4 heteroatoms. The van der Waals surface area contributed by atoms with Crippen LogP contribution in [0.1, 0.15) is 0 Å². The van der Waals surface area contributed by atoms with Crippen molar-refractivity contribution >= 4 is 0 Å². The molecule has 1 rings (SSSR count). The molecule has 0 saturated carbocycles. The summed E-state index contributed by atoms with van der Waals surface area (Å²) in [5, 5.41) is 26.1. The van der Waals surface area contributed by atoms with Gasteiger partial charge >= 0.3 is 0 Å². The largest absolute Gasteiger partial charge is 0.394 e. The Labute approximate surface area is 52.7 Å². The number of ether oxygens (including phenoxy) is 1. The van der Waals surface area contributed by atoms with Gasteiger partial charge in [0, 0.05) is 0 Å². The van der Waals surface area contributed by atoms with Crippen molar-refractivity contribution in [1.29, 1.82) is 0 Å². The third kappa shape index (κ3) is 1.21. The second kappa shape index (κ2) is 2.62. The zero-order valence-electron chi connectivity index (χ0n) is 4.77. The van der Waals surface area contributed by atoms with E-state index in [0.29, 0.717) is 0 Å². The molecule has 1 fully saturated rings. The van der Waals surface area contributed by atoms with E-state index in [0.717, 1.165) is 6.61 Å². The molecule has 0 aliphatic carbocycles. The molecule has 9 heavy (non-hydrogen) atoms. The minimum Gasteiger partial charge on any atom is -0.394 e. The van der Waals surface area contributed by atoms with Gasteiger partial charge in [0.2, 0.25) is 0 Å². The van der Waals surface area contributed by atoms with E-state index in [4.69, 9.17) is 15.3 Å². The van der Waals surface area contributed by atoms with Crippen LogP contribution in [-0.4, -0.2) is 40.2 Å². The van der Waals surface area contributed by atoms with Crippen molar-refractivity contribution in [3.8, 4) is 0 Å². The van der Waals surface area contributed by atoms with Gasteiger partial charge in [-0.2, -0.15) is 0 Å². The van der Waals surface area contributed by atoms with Crippen LogP contribution in [0.2, 0.25) is 0 Å². The third-order valence-electron chi connectivity index (χ3n) is 1.30. The Morgan fingerprint density at radius 3 is 2.33 bits per heavy atom. The quantitative estimate of drug-likeness (QED) is 0.397. The second-order valence-electron chi connectivity index (χ2n) is 1.97. The zero-order chi connectivity index (χ0) is 6.85. The maximum Gasteiger partial charge on any atom is 0.115 e. The lowest BCUT2D eigenvalue weighted by molar-refractivity contribution is -0.00317. The Morgan fingerprint density at radius 1 is 1.44 bits per heavy atom. The zero-order valence-corrected chi connectivity index (χ0v) is 4.77. The van der Waals surface area contributed by atoms with Gasteiger partial charge in [-0.15, -0.1) is 0 Å². The predicted molar refractivity (Wildman–Crippen MR) is 28.3 cm³/mol. The van der Waals surface area contributed by atoms with E-state index in [2.05, 4.69) is 4.74 Å². The summed E-state index contributed by atoms with van der Waals surface area (Å²) in [5.74, 6) is 0. The number of hydrogen-bond acceptors (Lipinski definition) is 4. The van der Waals surface area contributed by atoms with Crippen molar-refractivity contribution in [3.05, 3.63) is 6.61 Å². The molecule has 53 valence electrons. The average molecular weight is 133 g/mol. The third-order valence-corrected chi connectivity index (χ3v) is 1.30. The van der Waals surface area contributed by atoms with Crippen LogP contribution in [0.25, 0.3) is 0 Å². The number of aliphatic hydroxyl groups excluding tert-OH is 3. The molecule has 3 atom stereocenters. The van der Waals surface area contributed by atoms with Crippen LogP contribution in [0, 0.1) is 6.61 Å². The van der Waals surface area contributed by atoms with Crippen LogP contribution in [0.5, 0.6) is 0 Å². The molecule has 3 N–H and O–H groups in total. The van der Waals surface area contributed by atoms with Gasteiger partial charge in [-0.05, 0) is 0 Å². The first kappa shape index (κ1) is 6.95. The first-order chi connectivity index (χ1) is 4.25. The lowest BCUT2D eigenvalue weighted by Gasteiger charge is -2.10. The molecule has 1 aliphatic rings. The Morgan fingerprint density at radius 2 is 2.11 bits per heavy atom. The van der Waals surface area contributed by atoms with Gasteiger partial charge in [0.1, 0.15) is 24.9 Å². The molecule has 4 nitrogen and oxygen atoms in total. The van der Waals surface area contributed by atoms with Crippen molar-refractivity contribution in [2.75, 3.05) is 6.61 Å². The summed E-state index contributed by atoms with van der Waals surface area (Å²) < 4.78 is 4.65. The summed E-state index contributed by atoms with van der Waals surface area (Å²) in [6.45, 7) is 0.848. The first-order valence-corrected chi connectivity index (χ1v) is 2.71. The van der Waals surface area contributed by atoms with Crippen LogP contribution < -0.4 is 0 Å². The van der Waals surface area contributed by atoms with E-state index in [1.54, 1.807) is 0 Å². The van der Waals surface area contributed by atoms with E-state index < -0.39 is 18.3 Å². The Hall–Kier alpha value is -0.160. The van der Waals surface area contributed by atoms with Crippen molar-refractivity contribution in [1.82, 2.24) is 0 Å². The molecule has 1 aliphatic heterocycles. The van der Waals surface area contributed by atoms with Crippen molar-refractivity contribution < 1.29 is 20.1 Å². The maximum atomic E-state index is 8.89. The van der Waals surface area contributed by atoms with Crippen LogP contribution in [-0.2, 0) is 4.74 Å². The van der Waals surface area contributed by atoms with Gasteiger partial charge in [-0.3, -0.25) is 0 Å². The van der Waals surface area contributed by atoms with Gasteiger partial charge in [0.25, 0.3) is 0 Å². The van der Waals surface area contributed by atoms with Gasteiger partial charge in [-0.1, -0.05) is 0 Å². The van der Waals surface area contributed by atoms with Crippen LogP contribution in [0.15, 0.2) is 0 Å². The molecule has 0 aromatic rings. The van der Waals surface area contributed by atoms with Gasteiger partial charge in [0.05, 0.1) is 6.61 Å². The normalized spacial score (nSPS) is 43.7. The summed E-state index contributed by atoms with van der Waals surface area (Å²) in [5.41, 5.74) is 0. The molecule has 0 bridgehead atoms. The predicted octanol–water partition coefficient (Wildman–Crippen LogP) is -1.74. The fraction of sp³-hybridized carbons (Fsp3) is 0.800. The summed E-state index contributed by atoms with van der Waals surface area (Å²) >= 11 is 0. The van der Waals surface area contributed by atoms with Crippen LogP contribution in [0.4, 0.5) is 0 Å². The molecule has 0 amide bonds. The Kier molecular flexibility index (Phi) is 2.02. The second-order valence-corrected chi connectivity index (χ2v) is 1.97. The molecule has 1 radical (unpaired) electrons. The standard InChI is InChI=1S/C5H9O4/c6-1-4-5(8)3(7)2-9-4/h2-8H,1H2/t3-,4-,5-/m1/s1. The van der Waals surface area contributed by atoms with Gasteiger partial charge in [0.15, 0.2) is 0 Å². The highest BCUT2D eigenvalue weighted by Crippen LogP contribution is 2.16. The van der Waals surface area contributed by atoms with Crippen molar-refractivity contribution in [2.45, 2.75) is 18.3 Å². The highest BCUT2D eigenvalue weighted by molar-refractivity contribution is 4.89. The van der Waals surface area contributed by atoms with E-state index in [1.807, 2.05) is 0 Å². The lowest BCUT2D eigenvalue weighted by atomic mass is 10.2. The fourth-order valence-corrected chi connectivity index (χ4v) is 0.713. The fourth-order valence-electron chi connectivity index (χ4n) is 0.713. The smallest absolute Gasteiger partial charge is 0.115 e. The summed E-state index contributed by atoms with van der Waals surface area (Å²) in [4.78, 5) is 0. The molecular formula is C5H9O4. The van der Waals surface area contributed by atoms with E-state index >= 15 is 0 Å². The molecule has 1 heterocycles. The average Bonchev–Trinajstić information content (AvgIpc) is 2.15. The Bertz CT molecular complexity index is 95.0. The van der Waals surface area contributed by atoms with Gasteiger partial charge < -0.3 is 20.1 Å². The van der Waals surface area contributed by atoms with E-state index in [1.165, 1.54) is 0 Å². The summed E-state index contributed by atoms with van der Waals surface area (Å²) in [7, 11) is 0. The molecule has 0 aromatic heterocycles. The van der Waals surface area contributed by atoms with Crippen molar-refractivity contribution in [3.63, 3.8) is 0 Å². The van der Waals surface area contributed by atoms with Gasteiger partial charge in [-0.25, -0.2) is 0 Å². The molecule has 0 aromatic carbocycles. The summed E-state index contributed by atoms with van der Waals surface area (Å²) in [6, 6.07) is 0. The highest BCUT2D eigenvalue weighted by Gasteiger charge is 2.34. The Balaban J connectivity index is 2.41. The SMILES string of the molecule is OC[C@H]1O[CH][C@@H](O)[C@H]1O. The maximum absolute atomic E-state index is 8.89. The van der Waals surface area contributed by atoms with E-state index in [-0.39, 0.29) is 6.61 Å². The lowest BCUT2D eigenvalue weighted by Crippen LogP contribution is -2.31. The monoisotopic (exact) mass is 133 g/mol. The number of rotatable bonds is 1. The number of hydrogen-bond donors (Lipinski definition) is 3. The molecule has 0 spiro atoms. The summed E-state index contributed by atoms with van der Waals surface area (Å²) in [6.07, 6.45) is -2.59. The molecular weight excluding hydrogens is 124 g/mol. The molecule has 1 saturated heterocycles. The minimum absolute atomic E-state index is 0.269. The van der Waals surface area contributed by atoms with Crippen LogP contribution in [0.3, 0.4) is 0 Å². The highest BCUT2D eigenvalue weighted by atomic mass is 16.5. The van der Waals surface area contributed by atoms with Crippen LogP contribution >= 0.6 is 0 Å². The minimum atomic E-state index is -0.977. The first-order valence-electron chi connectivity index (χ1n) is 2.71. The molecule has 0 unspecified atom stereocenters. The van der Waals surface area contributed by atoms with Crippen molar-refractivity contribution in [2.24, 2.45) is 0 Å².